The first kappa shape index (κ1) is 12.6. The monoisotopic (exact) mass is 220 g/mol. The van der Waals surface area contributed by atoms with Gasteiger partial charge in [-0.25, -0.2) is 0 Å². The fourth-order valence-corrected chi connectivity index (χ4v) is 1.90. The van der Waals surface area contributed by atoms with Crippen molar-refractivity contribution >= 4 is 5.84 Å². The molecule has 1 aromatic rings. The summed E-state index contributed by atoms with van der Waals surface area (Å²) in [4.78, 5) is 6.54. The number of pyridine rings is 1. The summed E-state index contributed by atoms with van der Waals surface area (Å²) in [5.41, 5.74) is 6.05. The van der Waals surface area contributed by atoms with Gasteiger partial charge in [-0.1, -0.05) is 6.07 Å². The minimum absolute atomic E-state index is 0.167. The second kappa shape index (κ2) is 6.23. The van der Waals surface area contributed by atoms with E-state index in [-0.39, 0.29) is 5.84 Å². The minimum Gasteiger partial charge on any atom is -0.388 e. The van der Waals surface area contributed by atoms with Crippen molar-refractivity contribution in [1.29, 1.82) is 5.41 Å². The average Bonchev–Trinajstić information content (AvgIpc) is 2.65. The molecule has 1 aromatic heterocycles. The van der Waals surface area contributed by atoms with Gasteiger partial charge < -0.3 is 5.73 Å². The van der Waals surface area contributed by atoms with Crippen LogP contribution >= 0.6 is 0 Å². The van der Waals surface area contributed by atoms with Crippen LogP contribution in [-0.2, 0) is 0 Å². The van der Waals surface area contributed by atoms with E-state index in [1.807, 2.05) is 18.5 Å². The van der Waals surface area contributed by atoms with E-state index in [1.54, 1.807) is 0 Å². The first-order valence-corrected chi connectivity index (χ1v) is 5.52. The lowest BCUT2D eigenvalue weighted by Gasteiger charge is -2.18. The van der Waals surface area contributed by atoms with Crippen molar-refractivity contribution in [2.45, 2.75) is 25.8 Å². The summed E-state index contributed by atoms with van der Waals surface area (Å²) >= 11 is 0. The van der Waals surface area contributed by atoms with Crippen molar-refractivity contribution in [1.82, 2.24) is 9.88 Å². The van der Waals surface area contributed by atoms with E-state index in [4.69, 9.17) is 11.1 Å². The van der Waals surface area contributed by atoms with E-state index in [0.717, 1.165) is 0 Å². The maximum Gasteiger partial charge on any atom is 0.0873 e. The first-order valence-electron chi connectivity index (χ1n) is 5.52. The number of nitrogens with two attached hydrogens (primary N) is 1. The van der Waals surface area contributed by atoms with Gasteiger partial charge in [-0.2, -0.15) is 0 Å². The Morgan fingerprint density at radius 1 is 1.62 bits per heavy atom. The van der Waals surface area contributed by atoms with Crippen LogP contribution in [0.3, 0.4) is 0 Å². The number of likely N-dealkylation sites (tertiary alicyclic amines) is 1. The maximum absolute atomic E-state index is 6.28. The SMILES string of the molecule is CC(=N)N.CN1CCCC1c1cccnc1. The molecule has 2 heterocycles. The molecule has 1 atom stereocenters. The van der Waals surface area contributed by atoms with Crippen LogP contribution in [0.25, 0.3) is 0 Å². The molecule has 1 fully saturated rings. The Hall–Kier alpha value is -1.42. The number of rotatable bonds is 1. The van der Waals surface area contributed by atoms with E-state index in [9.17, 15) is 0 Å². The number of hydrogen-bond acceptors (Lipinski definition) is 3. The van der Waals surface area contributed by atoms with Crippen LogP contribution in [0.5, 0.6) is 0 Å². The highest BCUT2D eigenvalue weighted by Crippen LogP contribution is 2.29. The number of nitrogens with zero attached hydrogens (tertiary/aromatic N) is 2. The molecule has 0 bridgehead atoms. The molecule has 0 saturated carbocycles. The van der Waals surface area contributed by atoms with E-state index < -0.39 is 0 Å². The Kier molecular flexibility index (Phi) is 4.92. The molecule has 0 amide bonds. The highest BCUT2D eigenvalue weighted by Gasteiger charge is 2.21. The maximum atomic E-state index is 6.28. The van der Waals surface area contributed by atoms with Crippen molar-refractivity contribution < 1.29 is 0 Å². The van der Waals surface area contributed by atoms with Gasteiger partial charge in [0.25, 0.3) is 0 Å². The quantitative estimate of drug-likeness (QED) is 0.560. The minimum atomic E-state index is 0.167. The number of hydrogen-bond donors (Lipinski definition) is 2. The molecular weight excluding hydrogens is 200 g/mol. The van der Waals surface area contributed by atoms with Gasteiger partial charge in [0.05, 0.1) is 5.84 Å². The van der Waals surface area contributed by atoms with Gasteiger partial charge in [0.1, 0.15) is 0 Å². The van der Waals surface area contributed by atoms with Crippen molar-refractivity contribution in [2.75, 3.05) is 13.6 Å². The van der Waals surface area contributed by atoms with Crippen LogP contribution in [-0.4, -0.2) is 29.3 Å². The van der Waals surface area contributed by atoms with Gasteiger partial charge in [0, 0.05) is 18.4 Å². The fraction of sp³-hybridized carbons (Fsp3) is 0.500. The van der Waals surface area contributed by atoms with E-state index in [0.29, 0.717) is 6.04 Å². The van der Waals surface area contributed by atoms with Crippen LogP contribution in [0, 0.1) is 5.41 Å². The lowest BCUT2D eigenvalue weighted by molar-refractivity contribution is 0.317. The van der Waals surface area contributed by atoms with Crippen molar-refractivity contribution in [2.24, 2.45) is 5.73 Å². The molecule has 88 valence electrons. The van der Waals surface area contributed by atoms with Gasteiger partial charge >= 0.3 is 0 Å². The Bertz CT molecular complexity index is 319. The summed E-state index contributed by atoms with van der Waals surface area (Å²) in [6.45, 7) is 2.75. The summed E-state index contributed by atoms with van der Waals surface area (Å²) in [5.74, 6) is 0.167. The van der Waals surface area contributed by atoms with E-state index in [1.165, 1.54) is 31.9 Å². The van der Waals surface area contributed by atoms with E-state index in [2.05, 4.69) is 23.0 Å². The summed E-state index contributed by atoms with van der Waals surface area (Å²) in [6, 6.07) is 4.79. The molecule has 0 radical (unpaired) electrons. The topological polar surface area (TPSA) is 66.0 Å². The molecular formula is C12H20N4. The van der Waals surface area contributed by atoms with E-state index >= 15 is 0 Å². The molecule has 1 aliphatic heterocycles. The fourth-order valence-electron chi connectivity index (χ4n) is 1.90. The molecule has 1 unspecified atom stereocenters. The molecule has 1 saturated heterocycles. The highest BCUT2D eigenvalue weighted by atomic mass is 15.1. The van der Waals surface area contributed by atoms with Crippen LogP contribution in [0.1, 0.15) is 31.4 Å². The van der Waals surface area contributed by atoms with Crippen LogP contribution < -0.4 is 5.73 Å². The molecule has 4 heteroatoms. The van der Waals surface area contributed by atoms with Crippen LogP contribution in [0.4, 0.5) is 0 Å². The largest absolute Gasteiger partial charge is 0.388 e. The summed E-state index contributed by atoms with van der Waals surface area (Å²) in [7, 11) is 2.19. The molecule has 16 heavy (non-hydrogen) atoms. The normalized spacial score (nSPS) is 20.0. The zero-order valence-electron chi connectivity index (χ0n) is 9.98. The van der Waals surface area contributed by atoms with Crippen molar-refractivity contribution in [3.8, 4) is 0 Å². The Balaban J connectivity index is 0.000000280. The number of nitrogens with one attached hydrogen (secondary N) is 1. The number of aromatic nitrogens is 1. The molecule has 0 aromatic carbocycles. The third-order valence-corrected chi connectivity index (χ3v) is 2.59. The van der Waals surface area contributed by atoms with Gasteiger partial charge in [0.2, 0.25) is 0 Å². The summed E-state index contributed by atoms with van der Waals surface area (Å²) < 4.78 is 0. The molecule has 2 rings (SSSR count). The molecule has 1 aliphatic rings. The third-order valence-electron chi connectivity index (χ3n) is 2.59. The van der Waals surface area contributed by atoms with Crippen molar-refractivity contribution in [3.05, 3.63) is 30.1 Å². The number of amidine groups is 1. The lowest BCUT2D eigenvalue weighted by atomic mass is 10.1. The molecule has 4 nitrogen and oxygen atoms in total. The molecule has 0 aliphatic carbocycles. The summed E-state index contributed by atoms with van der Waals surface area (Å²) in [5, 5.41) is 6.28. The Morgan fingerprint density at radius 3 is 2.75 bits per heavy atom. The Morgan fingerprint density at radius 2 is 2.31 bits per heavy atom. The highest BCUT2D eigenvalue weighted by molar-refractivity contribution is 5.73. The average molecular weight is 220 g/mol. The predicted octanol–water partition coefficient (Wildman–Crippen LogP) is 1.79. The van der Waals surface area contributed by atoms with Crippen LogP contribution in [0.2, 0.25) is 0 Å². The van der Waals surface area contributed by atoms with Gasteiger partial charge in [-0.15, -0.1) is 0 Å². The van der Waals surface area contributed by atoms with Gasteiger partial charge in [-0.05, 0) is 45.0 Å². The zero-order valence-corrected chi connectivity index (χ0v) is 9.98. The summed E-state index contributed by atoms with van der Waals surface area (Å²) in [6.07, 6.45) is 6.41. The van der Waals surface area contributed by atoms with Crippen molar-refractivity contribution in [3.63, 3.8) is 0 Å². The smallest absolute Gasteiger partial charge is 0.0873 e. The predicted molar refractivity (Wildman–Crippen MR) is 66.4 cm³/mol. The molecule has 3 N–H and O–H groups in total. The second-order valence-electron chi connectivity index (χ2n) is 4.11. The first-order chi connectivity index (χ1) is 7.61. The standard InChI is InChI=1S/C10H14N2.C2H6N2/c1-12-7-3-5-10(12)9-4-2-6-11-8-9;1-2(3)4/h2,4,6,8,10H,3,5,7H2,1H3;1H3,(H3,3,4). The zero-order chi connectivity index (χ0) is 12.0. The van der Waals surface area contributed by atoms with Crippen LogP contribution in [0.15, 0.2) is 24.5 Å². The third kappa shape index (κ3) is 3.98. The van der Waals surface area contributed by atoms with Gasteiger partial charge in [-0.3, -0.25) is 15.3 Å². The molecule has 0 spiro atoms. The lowest BCUT2D eigenvalue weighted by Crippen LogP contribution is -2.17. The van der Waals surface area contributed by atoms with Gasteiger partial charge in [0.15, 0.2) is 0 Å². The second-order valence-corrected chi connectivity index (χ2v) is 4.11. The Labute approximate surface area is 97.0 Å².